The highest BCUT2D eigenvalue weighted by atomic mass is 16.4. The third-order valence-corrected chi connectivity index (χ3v) is 4.86. The van der Waals surface area contributed by atoms with Gasteiger partial charge in [-0.2, -0.15) is 0 Å². The van der Waals surface area contributed by atoms with Gasteiger partial charge in [0.2, 0.25) is 17.7 Å². The van der Waals surface area contributed by atoms with Crippen LogP contribution in [-0.4, -0.2) is 53.0 Å². The Labute approximate surface area is 176 Å². The zero-order valence-electron chi connectivity index (χ0n) is 17.8. The van der Waals surface area contributed by atoms with Crippen LogP contribution >= 0.6 is 0 Å². The van der Waals surface area contributed by atoms with Crippen LogP contribution in [0.5, 0.6) is 0 Å². The lowest BCUT2D eigenvalue weighted by Crippen LogP contribution is -2.57. The molecule has 0 aromatic heterocycles. The molecule has 0 aliphatic rings. The second-order valence-electron chi connectivity index (χ2n) is 7.48. The van der Waals surface area contributed by atoms with Gasteiger partial charge in [-0.25, -0.2) is 4.79 Å². The van der Waals surface area contributed by atoms with E-state index >= 15 is 0 Å². The lowest BCUT2D eigenvalue weighted by molar-refractivity contribution is -0.143. The Hall–Kier alpha value is -2.94. The molecule has 0 bridgehead atoms. The highest BCUT2D eigenvalue weighted by molar-refractivity contribution is 5.94. The number of aliphatic carboxylic acids is 1. The molecular formula is C21H32N4O5. The molecular weight excluding hydrogens is 388 g/mol. The monoisotopic (exact) mass is 420 g/mol. The predicted molar refractivity (Wildman–Crippen MR) is 112 cm³/mol. The summed E-state index contributed by atoms with van der Waals surface area (Å²) >= 11 is 0. The van der Waals surface area contributed by atoms with E-state index < -0.39 is 47.9 Å². The third-order valence-electron chi connectivity index (χ3n) is 4.86. The van der Waals surface area contributed by atoms with Gasteiger partial charge in [-0.05, 0) is 25.3 Å². The third kappa shape index (κ3) is 7.82. The van der Waals surface area contributed by atoms with Crippen LogP contribution < -0.4 is 21.7 Å². The van der Waals surface area contributed by atoms with Crippen molar-refractivity contribution in [3.8, 4) is 0 Å². The fourth-order valence-electron chi connectivity index (χ4n) is 2.70. The van der Waals surface area contributed by atoms with Crippen LogP contribution in [0, 0.1) is 5.92 Å². The minimum atomic E-state index is -1.14. The molecule has 0 radical (unpaired) electrons. The highest BCUT2D eigenvalue weighted by Crippen LogP contribution is 2.08. The number of carboxylic acid groups (broad SMARTS) is 1. The quantitative estimate of drug-likeness (QED) is 0.345. The molecule has 0 saturated heterocycles. The van der Waals surface area contributed by atoms with Crippen molar-refractivity contribution in [1.82, 2.24) is 16.0 Å². The number of benzene rings is 1. The number of hydrogen-bond donors (Lipinski definition) is 5. The largest absolute Gasteiger partial charge is 0.480 e. The molecule has 166 valence electrons. The number of nitrogens with two attached hydrogens (primary N) is 1. The summed E-state index contributed by atoms with van der Waals surface area (Å²) < 4.78 is 0. The Kier molecular flexibility index (Phi) is 9.97. The van der Waals surface area contributed by atoms with Gasteiger partial charge in [0.05, 0.1) is 6.04 Å². The molecule has 0 aliphatic carbocycles. The van der Waals surface area contributed by atoms with Crippen LogP contribution in [0.1, 0.15) is 39.7 Å². The summed E-state index contributed by atoms with van der Waals surface area (Å²) in [5.41, 5.74) is 6.41. The predicted octanol–water partition coefficient (Wildman–Crippen LogP) is 0.181. The van der Waals surface area contributed by atoms with Gasteiger partial charge in [-0.1, -0.05) is 50.6 Å². The molecule has 0 saturated carbocycles. The maximum Gasteiger partial charge on any atom is 0.326 e. The molecule has 0 spiro atoms. The van der Waals surface area contributed by atoms with E-state index in [4.69, 9.17) is 5.73 Å². The summed E-state index contributed by atoms with van der Waals surface area (Å²) in [7, 11) is 0. The minimum Gasteiger partial charge on any atom is -0.480 e. The summed E-state index contributed by atoms with van der Waals surface area (Å²) in [6.45, 7) is 6.51. The van der Waals surface area contributed by atoms with E-state index in [1.54, 1.807) is 6.92 Å². The molecule has 9 heteroatoms. The SMILES string of the molecule is CCC(C)C(NC(=O)C(C)NC(=O)C(Cc1ccccc1)NC(=O)C(C)N)C(=O)O. The van der Waals surface area contributed by atoms with Crippen LogP contribution in [-0.2, 0) is 25.6 Å². The zero-order valence-corrected chi connectivity index (χ0v) is 17.8. The van der Waals surface area contributed by atoms with Crippen LogP contribution in [0.4, 0.5) is 0 Å². The van der Waals surface area contributed by atoms with E-state index in [1.165, 1.54) is 13.8 Å². The zero-order chi connectivity index (χ0) is 22.8. The van der Waals surface area contributed by atoms with E-state index in [0.29, 0.717) is 6.42 Å². The summed E-state index contributed by atoms with van der Waals surface area (Å²) in [5, 5.41) is 16.9. The van der Waals surface area contributed by atoms with E-state index in [0.717, 1.165) is 5.56 Å². The van der Waals surface area contributed by atoms with Crippen LogP contribution in [0.25, 0.3) is 0 Å². The van der Waals surface area contributed by atoms with Gasteiger partial charge in [0.25, 0.3) is 0 Å². The molecule has 0 aliphatic heterocycles. The molecule has 6 N–H and O–H groups in total. The van der Waals surface area contributed by atoms with Crippen LogP contribution in [0.15, 0.2) is 30.3 Å². The number of carbonyl (C=O) groups is 4. The number of rotatable bonds is 11. The summed E-state index contributed by atoms with van der Waals surface area (Å²) in [6, 6.07) is 5.31. The van der Waals surface area contributed by atoms with Crippen molar-refractivity contribution in [3.63, 3.8) is 0 Å². The highest BCUT2D eigenvalue weighted by Gasteiger charge is 2.29. The normalized spacial score (nSPS) is 15.8. The lowest BCUT2D eigenvalue weighted by atomic mass is 9.99. The standard InChI is InChI=1S/C21H32N4O5/c1-5-12(2)17(21(29)30)25-19(27)14(4)23-20(28)16(24-18(26)13(3)22)11-15-9-7-6-8-10-15/h6-10,12-14,16-17H,5,11,22H2,1-4H3,(H,23,28)(H,24,26)(H,25,27)(H,29,30). The van der Waals surface area contributed by atoms with Gasteiger partial charge in [0, 0.05) is 6.42 Å². The first-order valence-electron chi connectivity index (χ1n) is 10.00. The average Bonchev–Trinajstić information content (AvgIpc) is 2.70. The van der Waals surface area contributed by atoms with E-state index in [9.17, 15) is 24.3 Å². The molecule has 9 nitrogen and oxygen atoms in total. The van der Waals surface area contributed by atoms with E-state index in [1.807, 2.05) is 37.3 Å². The number of nitrogens with one attached hydrogen (secondary N) is 3. The topological polar surface area (TPSA) is 151 Å². The molecule has 0 heterocycles. The lowest BCUT2D eigenvalue weighted by Gasteiger charge is -2.24. The molecule has 0 fully saturated rings. The summed E-state index contributed by atoms with van der Waals surface area (Å²) in [5.74, 6) is -3.09. The second kappa shape index (κ2) is 11.9. The van der Waals surface area contributed by atoms with Gasteiger partial charge in [-0.3, -0.25) is 14.4 Å². The smallest absolute Gasteiger partial charge is 0.326 e. The fraction of sp³-hybridized carbons (Fsp3) is 0.524. The Bertz CT molecular complexity index is 738. The van der Waals surface area contributed by atoms with Gasteiger partial charge in [0.15, 0.2) is 0 Å². The molecule has 1 aromatic rings. The number of carbonyl (C=O) groups excluding carboxylic acids is 3. The van der Waals surface area contributed by atoms with Gasteiger partial charge in [0.1, 0.15) is 18.1 Å². The Morgan fingerprint density at radius 2 is 1.53 bits per heavy atom. The molecule has 1 rings (SSSR count). The molecule has 5 atom stereocenters. The van der Waals surface area contributed by atoms with Crippen LogP contribution in [0.3, 0.4) is 0 Å². The Balaban J connectivity index is 2.86. The van der Waals surface area contributed by atoms with Crippen molar-refractivity contribution < 1.29 is 24.3 Å². The first kappa shape index (κ1) is 25.1. The van der Waals surface area contributed by atoms with Crippen molar-refractivity contribution in [3.05, 3.63) is 35.9 Å². The Morgan fingerprint density at radius 1 is 0.933 bits per heavy atom. The summed E-state index contributed by atoms with van der Waals surface area (Å²) in [4.78, 5) is 48.6. The van der Waals surface area contributed by atoms with Crippen molar-refractivity contribution in [2.45, 2.75) is 64.7 Å². The number of carboxylic acids is 1. The first-order chi connectivity index (χ1) is 14.1. The van der Waals surface area contributed by atoms with E-state index in [2.05, 4.69) is 16.0 Å². The second-order valence-corrected chi connectivity index (χ2v) is 7.48. The van der Waals surface area contributed by atoms with Gasteiger partial charge in [-0.15, -0.1) is 0 Å². The Morgan fingerprint density at radius 3 is 2.03 bits per heavy atom. The minimum absolute atomic E-state index is 0.212. The molecule has 30 heavy (non-hydrogen) atoms. The number of amides is 3. The van der Waals surface area contributed by atoms with E-state index in [-0.39, 0.29) is 12.3 Å². The molecule has 5 unspecified atom stereocenters. The summed E-state index contributed by atoms with van der Waals surface area (Å²) in [6.07, 6.45) is 0.782. The van der Waals surface area contributed by atoms with Crippen molar-refractivity contribution in [1.29, 1.82) is 0 Å². The maximum atomic E-state index is 12.8. The van der Waals surface area contributed by atoms with Crippen LogP contribution in [0.2, 0.25) is 0 Å². The number of hydrogen-bond acceptors (Lipinski definition) is 5. The van der Waals surface area contributed by atoms with Crippen molar-refractivity contribution >= 4 is 23.7 Å². The van der Waals surface area contributed by atoms with Gasteiger partial charge < -0.3 is 26.8 Å². The fourth-order valence-corrected chi connectivity index (χ4v) is 2.70. The molecule has 3 amide bonds. The molecule has 1 aromatic carbocycles. The van der Waals surface area contributed by atoms with Crippen molar-refractivity contribution in [2.75, 3.05) is 0 Å². The average molecular weight is 421 g/mol. The first-order valence-corrected chi connectivity index (χ1v) is 10.00. The maximum absolute atomic E-state index is 12.8. The van der Waals surface area contributed by atoms with Gasteiger partial charge >= 0.3 is 5.97 Å². The van der Waals surface area contributed by atoms with Crippen molar-refractivity contribution in [2.24, 2.45) is 11.7 Å².